The molecule has 1 spiro atoms. The van der Waals surface area contributed by atoms with Gasteiger partial charge in [-0.25, -0.2) is 0 Å². The number of nitriles is 1. The molecule has 32 heavy (non-hydrogen) atoms. The van der Waals surface area contributed by atoms with Gasteiger partial charge in [-0.3, -0.25) is 14.9 Å². The molecule has 0 saturated carbocycles. The number of nitrogens with zero attached hydrogens (tertiary/aromatic N) is 2. The van der Waals surface area contributed by atoms with Crippen molar-refractivity contribution in [3.63, 3.8) is 0 Å². The van der Waals surface area contributed by atoms with Crippen LogP contribution in [-0.2, 0) is 9.53 Å². The van der Waals surface area contributed by atoms with Crippen molar-refractivity contribution in [2.75, 3.05) is 39.4 Å². The van der Waals surface area contributed by atoms with E-state index in [1.54, 1.807) is 11.1 Å². The van der Waals surface area contributed by atoms with Crippen molar-refractivity contribution in [1.82, 2.24) is 20.5 Å². The van der Waals surface area contributed by atoms with Gasteiger partial charge in [-0.1, -0.05) is 18.2 Å². The second kappa shape index (κ2) is 8.11. The molecule has 0 radical (unpaired) electrons. The largest absolute Gasteiger partial charge is 0.376 e. The van der Waals surface area contributed by atoms with Gasteiger partial charge < -0.3 is 19.9 Å². The summed E-state index contributed by atoms with van der Waals surface area (Å²) < 4.78 is 5.22. The third kappa shape index (κ3) is 3.51. The van der Waals surface area contributed by atoms with Crippen molar-refractivity contribution in [3.8, 4) is 17.2 Å². The molecule has 8 heteroatoms. The molecule has 8 nitrogen and oxygen atoms in total. The molecule has 162 valence electrons. The van der Waals surface area contributed by atoms with E-state index in [-0.39, 0.29) is 11.8 Å². The predicted molar refractivity (Wildman–Crippen MR) is 119 cm³/mol. The van der Waals surface area contributed by atoms with E-state index in [1.165, 1.54) is 0 Å². The first-order valence-corrected chi connectivity index (χ1v) is 10.6. The number of amides is 2. The zero-order valence-corrected chi connectivity index (χ0v) is 17.5. The summed E-state index contributed by atoms with van der Waals surface area (Å²) in [5.74, 6) is -0.136. The molecule has 0 aliphatic carbocycles. The first kappa shape index (κ1) is 20.2. The molecular weight excluding hydrogens is 406 g/mol. The quantitative estimate of drug-likeness (QED) is 0.574. The zero-order valence-electron chi connectivity index (χ0n) is 17.5. The Balaban J connectivity index is 1.32. The maximum atomic E-state index is 13.1. The van der Waals surface area contributed by atoms with Crippen LogP contribution in [0.25, 0.3) is 22.0 Å². The number of nitrogens with one attached hydrogen (secondary N) is 3. The average molecular weight is 429 g/mol. The summed E-state index contributed by atoms with van der Waals surface area (Å²) in [6, 6.07) is 15.6. The average Bonchev–Trinajstić information content (AvgIpc) is 3.24. The van der Waals surface area contributed by atoms with Gasteiger partial charge in [0.1, 0.15) is 11.6 Å². The molecule has 1 aromatic heterocycles. The maximum absolute atomic E-state index is 13.1. The molecule has 2 aliphatic rings. The van der Waals surface area contributed by atoms with Crippen molar-refractivity contribution < 1.29 is 14.3 Å². The number of ether oxygens (including phenoxy) is 1. The highest BCUT2D eigenvalue weighted by atomic mass is 16.5. The van der Waals surface area contributed by atoms with Crippen molar-refractivity contribution in [1.29, 1.82) is 5.26 Å². The molecule has 0 bridgehead atoms. The number of hydrogen-bond acceptors (Lipinski definition) is 5. The van der Waals surface area contributed by atoms with E-state index in [4.69, 9.17) is 4.74 Å². The van der Waals surface area contributed by atoms with E-state index in [9.17, 15) is 14.9 Å². The van der Waals surface area contributed by atoms with Gasteiger partial charge in [0.2, 0.25) is 5.91 Å². The van der Waals surface area contributed by atoms with Gasteiger partial charge in [-0.05, 0) is 35.4 Å². The topological polar surface area (TPSA) is 110 Å². The summed E-state index contributed by atoms with van der Waals surface area (Å²) in [6.45, 7) is 2.62. The highest BCUT2D eigenvalue weighted by molar-refractivity contribution is 5.95. The standard InChI is InChI=1S/C24H23N5O3/c25-12-19-13-27-21-6-5-18(11-20(19)21)16-1-3-17(4-2-16)22(30)29-9-7-26-23(31)24(14-32-15-24)28-8-10-29/h1-6,11,13,27-28H,7-10,14-15H2,(H,26,31). The molecule has 5 rings (SSSR count). The fourth-order valence-corrected chi connectivity index (χ4v) is 4.22. The minimum absolute atomic E-state index is 0.0682. The van der Waals surface area contributed by atoms with Crippen molar-refractivity contribution in [2.45, 2.75) is 5.54 Å². The molecule has 2 saturated heterocycles. The molecular formula is C24H23N5O3. The smallest absolute Gasteiger partial charge is 0.253 e. The van der Waals surface area contributed by atoms with E-state index in [0.717, 1.165) is 22.0 Å². The lowest BCUT2D eigenvalue weighted by atomic mass is 9.96. The number of benzene rings is 2. The second-order valence-corrected chi connectivity index (χ2v) is 8.20. The molecule has 3 N–H and O–H groups in total. The number of carbonyl (C=O) groups is 2. The van der Waals surface area contributed by atoms with E-state index in [0.29, 0.717) is 50.5 Å². The third-order valence-electron chi connectivity index (χ3n) is 6.20. The summed E-state index contributed by atoms with van der Waals surface area (Å²) in [7, 11) is 0. The van der Waals surface area contributed by atoms with Gasteiger partial charge in [-0.15, -0.1) is 0 Å². The lowest BCUT2D eigenvalue weighted by Gasteiger charge is -2.40. The van der Waals surface area contributed by atoms with Crippen LogP contribution in [0.4, 0.5) is 0 Å². The molecule has 2 amide bonds. The second-order valence-electron chi connectivity index (χ2n) is 8.20. The Hall–Kier alpha value is -3.67. The predicted octanol–water partition coefficient (Wildman–Crippen LogP) is 1.64. The van der Waals surface area contributed by atoms with Crippen LogP contribution in [0.1, 0.15) is 15.9 Å². The van der Waals surface area contributed by atoms with Gasteiger partial charge in [-0.2, -0.15) is 5.26 Å². The van der Waals surface area contributed by atoms with Gasteiger partial charge >= 0.3 is 0 Å². The Morgan fingerprint density at radius 1 is 1.06 bits per heavy atom. The number of rotatable bonds is 2. The monoisotopic (exact) mass is 429 g/mol. The van der Waals surface area contributed by atoms with Crippen LogP contribution in [0.3, 0.4) is 0 Å². The van der Waals surface area contributed by atoms with Crippen molar-refractivity contribution in [3.05, 3.63) is 59.8 Å². The van der Waals surface area contributed by atoms with Crippen LogP contribution in [0.5, 0.6) is 0 Å². The fourth-order valence-electron chi connectivity index (χ4n) is 4.22. The minimum Gasteiger partial charge on any atom is -0.376 e. The number of hydrogen-bond donors (Lipinski definition) is 3. The van der Waals surface area contributed by atoms with Gasteiger partial charge in [0.25, 0.3) is 5.91 Å². The Kier molecular flexibility index (Phi) is 5.13. The summed E-state index contributed by atoms with van der Waals surface area (Å²) in [4.78, 5) is 30.3. The van der Waals surface area contributed by atoms with Crippen LogP contribution in [-0.4, -0.2) is 66.6 Å². The van der Waals surface area contributed by atoms with E-state index < -0.39 is 5.54 Å². The van der Waals surface area contributed by atoms with Crippen molar-refractivity contribution >= 4 is 22.7 Å². The van der Waals surface area contributed by atoms with Crippen LogP contribution in [0.2, 0.25) is 0 Å². The highest BCUT2D eigenvalue weighted by Crippen LogP contribution is 2.26. The highest BCUT2D eigenvalue weighted by Gasteiger charge is 2.45. The molecule has 2 fully saturated rings. The molecule has 2 aliphatic heterocycles. The third-order valence-corrected chi connectivity index (χ3v) is 6.20. The van der Waals surface area contributed by atoms with Crippen LogP contribution < -0.4 is 10.6 Å². The number of fused-ring (bicyclic) bond motifs is 1. The van der Waals surface area contributed by atoms with Gasteiger partial charge in [0, 0.05) is 48.8 Å². The SMILES string of the molecule is N#Cc1c[nH]c2ccc(-c3ccc(C(=O)N4CCNC(=O)C5(COC5)NCC4)cc3)cc12. The van der Waals surface area contributed by atoms with E-state index in [2.05, 4.69) is 21.7 Å². The van der Waals surface area contributed by atoms with E-state index in [1.807, 2.05) is 42.5 Å². The number of aromatic nitrogens is 1. The molecule has 3 aromatic rings. The van der Waals surface area contributed by atoms with Gasteiger partial charge in [0.05, 0.1) is 18.8 Å². The molecule has 0 unspecified atom stereocenters. The Morgan fingerprint density at radius 3 is 2.53 bits per heavy atom. The number of H-pyrrole nitrogens is 1. The first-order chi connectivity index (χ1) is 15.6. The number of carbonyl (C=O) groups excluding carboxylic acids is 2. The Labute approximate surface area is 185 Å². The summed E-state index contributed by atoms with van der Waals surface area (Å²) in [5, 5.41) is 16.3. The minimum atomic E-state index is -0.660. The molecule has 2 aromatic carbocycles. The van der Waals surface area contributed by atoms with E-state index >= 15 is 0 Å². The summed E-state index contributed by atoms with van der Waals surface area (Å²) in [6.07, 6.45) is 1.71. The Morgan fingerprint density at radius 2 is 1.81 bits per heavy atom. The van der Waals surface area contributed by atoms with Crippen LogP contribution in [0.15, 0.2) is 48.7 Å². The summed E-state index contributed by atoms with van der Waals surface area (Å²) in [5.41, 5.74) is 3.42. The molecule has 0 atom stereocenters. The lowest BCUT2D eigenvalue weighted by Crippen LogP contribution is -2.69. The zero-order chi connectivity index (χ0) is 22.1. The fraction of sp³-hybridized carbons (Fsp3) is 0.292. The van der Waals surface area contributed by atoms with Gasteiger partial charge in [0.15, 0.2) is 0 Å². The Bertz CT molecular complexity index is 1220. The molecule has 3 heterocycles. The lowest BCUT2D eigenvalue weighted by molar-refractivity contribution is -0.147. The van der Waals surface area contributed by atoms with Crippen LogP contribution >= 0.6 is 0 Å². The van der Waals surface area contributed by atoms with Crippen LogP contribution in [0, 0.1) is 11.3 Å². The first-order valence-electron chi connectivity index (χ1n) is 10.6. The van der Waals surface area contributed by atoms with Crippen molar-refractivity contribution in [2.24, 2.45) is 0 Å². The number of aromatic amines is 1. The maximum Gasteiger partial charge on any atom is 0.253 e. The normalized spacial score (nSPS) is 18.2. The summed E-state index contributed by atoms with van der Waals surface area (Å²) >= 11 is 0.